The van der Waals surface area contributed by atoms with Crippen molar-refractivity contribution in [3.8, 4) is 6.07 Å². The number of halogens is 1. The summed E-state index contributed by atoms with van der Waals surface area (Å²) in [6, 6.07) is 18.8. The number of fused-ring (bicyclic) bond motifs is 1. The minimum atomic E-state index is -1.17. The summed E-state index contributed by atoms with van der Waals surface area (Å²) in [5, 5.41) is 19.9. The van der Waals surface area contributed by atoms with Crippen molar-refractivity contribution >= 4 is 11.6 Å². The first kappa shape index (κ1) is 12.9. The Bertz CT molecular complexity index is 716. The summed E-state index contributed by atoms with van der Waals surface area (Å²) in [4.78, 5) is 0. The zero-order chi connectivity index (χ0) is 14.6. The molecule has 2 aromatic rings. The normalized spacial score (nSPS) is 30.1. The van der Waals surface area contributed by atoms with Crippen LogP contribution in [0.1, 0.15) is 40.5 Å². The molecule has 0 aliphatic heterocycles. The molecule has 0 saturated heterocycles. The summed E-state index contributed by atoms with van der Waals surface area (Å²) in [6.45, 7) is 0. The highest BCUT2D eigenvalue weighted by Crippen LogP contribution is 2.62. The van der Waals surface area contributed by atoms with Gasteiger partial charge in [0.25, 0.3) is 0 Å². The lowest BCUT2D eigenvalue weighted by Crippen LogP contribution is -2.46. The molecule has 3 aliphatic rings. The molecule has 2 unspecified atom stereocenters. The minimum Gasteiger partial charge on any atom is -0.376 e. The van der Waals surface area contributed by atoms with Crippen molar-refractivity contribution in [3.05, 3.63) is 70.8 Å². The van der Waals surface area contributed by atoms with Crippen molar-refractivity contribution in [2.24, 2.45) is 5.41 Å². The third-order valence-electron chi connectivity index (χ3n) is 5.06. The van der Waals surface area contributed by atoms with Crippen LogP contribution in [-0.4, -0.2) is 10.7 Å². The van der Waals surface area contributed by atoms with Gasteiger partial charge < -0.3 is 5.11 Å². The van der Waals surface area contributed by atoms with Crippen LogP contribution in [0.5, 0.6) is 0 Å². The smallest absolute Gasteiger partial charge is 0.147 e. The van der Waals surface area contributed by atoms with Crippen LogP contribution in [0.15, 0.2) is 48.5 Å². The lowest BCUT2D eigenvalue weighted by Gasteiger charge is -2.50. The van der Waals surface area contributed by atoms with E-state index in [1.807, 2.05) is 24.3 Å². The van der Waals surface area contributed by atoms with Crippen LogP contribution in [0.2, 0.25) is 0 Å². The predicted octanol–water partition coefficient (Wildman–Crippen LogP) is 3.73. The van der Waals surface area contributed by atoms with Gasteiger partial charge in [-0.1, -0.05) is 60.1 Å². The maximum atomic E-state index is 10.1. The van der Waals surface area contributed by atoms with Crippen molar-refractivity contribution in [1.29, 1.82) is 5.26 Å². The molecule has 0 spiro atoms. The summed E-state index contributed by atoms with van der Waals surface area (Å²) >= 11 is 6.07. The van der Waals surface area contributed by atoms with Gasteiger partial charge in [0.15, 0.2) is 0 Å². The Labute approximate surface area is 128 Å². The van der Waals surface area contributed by atoms with Crippen LogP contribution in [0.25, 0.3) is 0 Å². The number of nitrogens with zero attached hydrogens (tertiary/aromatic N) is 1. The zero-order valence-corrected chi connectivity index (χ0v) is 12.1. The van der Waals surface area contributed by atoms with E-state index < -0.39 is 11.0 Å². The van der Waals surface area contributed by atoms with Gasteiger partial charge in [0.2, 0.25) is 0 Å². The molecule has 3 aliphatic carbocycles. The van der Waals surface area contributed by atoms with E-state index in [0.29, 0.717) is 6.42 Å². The Balaban J connectivity index is 2.06. The van der Waals surface area contributed by atoms with E-state index in [1.165, 1.54) is 11.1 Å². The first-order valence-corrected chi connectivity index (χ1v) is 7.54. The lowest BCUT2D eigenvalue weighted by atomic mass is 9.52. The first-order chi connectivity index (χ1) is 10.2. The lowest BCUT2D eigenvalue weighted by molar-refractivity contribution is 0.0935. The molecule has 2 nitrogen and oxygen atoms in total. The molecule has 104 valence electrons. The van der Waals surface area contributed by atoms with Gasteiger partial charge in [0.1, 0.15) is 11.0 Å². The summed E-state index contributed by atoms with van der Waals surface area (Å²) in [5.74, 6) is -0.0251. The van der Waals surface area contributed by atoms with Crippen LogP contribution < -0.4 is 0 Å². The number of hydrogen-bond donors (Lipinski definition) is 1. The summed E-state index contributed by atoms with van der Waals surface area (Å²) in [7, 11) is 0. The molecule has 5 rings (SSSR count). The molecule has 2 atom stereocenters. The van der Waals surface area contributed by atoms with Crippen molar-refractivity contribution in [1.82, 2.24) is 0 Å². The van der Waals surface area contributed by atoms with Gasteiger partial charge in [-0.25, -0.2) is 0 Å². The van der Waals surface area contributed by atoms with Gasteiger partial charge in [-0.2, -0.15) is 5.26 Å². The van der Waals surface area contributed by atoms with Gasteiger partial charge in [0, 0.05) is 11.8 Å². The number of aliphatic hydroxyl groups is 1. The second-order valence-electron chi connectivity index (χ2n) is 5.94. The highest BCUT2D eigenvalue weighted by atomic mass is 35.5. The molecule has 21 heavy (non-hydrogen) atoms. The van der Waals surface area contributed by atoms with Crippen molar-refractivity contribution in [2.75, 3.05) is 0 Å². The molecule has 2 bridgehead atoms. The molecule has 0 radical (unpaired) electrons. The highest BCUT2D eigenvalue weighted by molar-refractivity contribution is 6.20. The standard InChI is InChI=1S/C18H14ClNO/c19-17(21)18(10-20)9-15-11-5-1-3-7-13(11)16(18)14-8-4-2-6-12(14)15/h1-8,15-17,21H,9H2. The number of rotatable bonds is 1. The van der Waals surface area contributed by atoms with Gasteiger partial charge in [0.05, 0.1) is 6.07 Å². The fourth-order valence-electron chi connectivity index (χ4n) is 4.15. The summed E-state index contributed by atoms with van der Waals surface area (Å²) in [5.41, 5.74) is 2.68. The third kappa shape index (κ3) is 1.51. The van der Waals surface area contributed by atoms with Crippen LogP contribution in [0.3, 0.4) is 0 Å². The number of benzene rings is 2. The molecular formula is C18H14ClNO. The van der Waals surface area contributed by atoms with Gasteiger partial charge in [-0.15, -0.1) is 0 Å². The van der Waals surface area contributed by atoms with E-state index in [2.05, 4.69) is 30.3 Å². The van der Waals surface area contributed by atoms with Crippen LogP contribution in [0, 0.1) is 16.7 Å². The minimum absolute atomic E-state index is 0.135. The van der Waals surface area contributed by atoms with Gasteiger partial charge >= 0.3 is 0 Å². The fraction of sp³-hybridized carbons (Fsp3) is 0.278. The molecule has 0 aromatic heterocycles. The van der Waals surface area contributed by atoms with E-state index in [-0.39, 0.29) is 11.8 Å². The van der Waals surface area contributed by atoms with Crippen LogP contribution >= 0.6 is 11.6 Å². The monoisotopic (exact) mass is 295 g/mol. The molecule has 0 saturated carbocycles. The Morgan fingerprint density at radius 1 is 1.05 bits per heavy atom. The van der Waals surface area contributed by atoms with Gasteiger partial charge in [-0.05, 0) is 28.7 Å². The van der Waals surface area contributed by atoms with Crippen LogP contribution in [-0.2, 0) is 0 Å². The predicted molar refractivity (Wildman–Crippen MR) is 81.1 cm³/mol. The molecular weight excluding hydrogens is 282 g/mol. The molecule has 1 N–H and O–H groups in total. The highest BCUT2D eigenvalue weighted by Gasteiger charge is 2.56. The molecule has 0 fully saturated rings. The van der Waals surface area contributed by atoms with Crippen LogP contribution in [0.4, 0.5) is 0 Å². The quantitative estimate of drug-likeness (QED) is 0.815. The summed E-state index contributed by atoms with van der Waals surface area (Å²) in [6.07, 6.45) is 0.576. The SMILES string of the molecule is N#CC1(C(O)Cl)CC2c3ccccc3C1c1ccccc12. The number of alkyl halides is 1. The Hall–Kier alpha value is -1.82. The number of aliphatic hydroxyl groups excluding tert-OH is 1. The second kappa shape index (κ2) is 4.34. The fourth-order valence-corrected chi connectivity index (χ4v) is 4.41. The van der Waals surface area contributed by atoms with Crippen molar-refractivity contribution in [3.63, 3.8) is 0 Å². The van der Waals surface area contributed by atoms with E-state index in [9.17, 15) is 10.4 Å². The van der Waals surface area contributed by atoms with Crippen molar-refractivity contribution < 1.29 is 5.11 Å². The average Bonchev–Trinajstić information content (AvgIpc) is 2.54. The second-order valence-corrected chi connectivity index (χ2v) is 6.35. The Morgan fingerprint density at radius 3 is 1.95 bits per heavy atom. The Morgan fingerprint density at radius 2 is 1.52 bits per heavy atom. The van der Waals surface area contributed by atoms with E-state index in [4.69, 9.17) is 11.6 Å². The maximum absolute atomic E-state index is 10.1. The van der Waals surface area contributed by atoms with E-state index in [1.54, 1.807) is 0 Å². The average molecular weight is 296 g/mol. The largest absolute Gasteiger partial charge is 0.376 e. The topological polar surface area (TPSA) is 44.0 Å². The molecule has 3 heteroatoms. The van der Waals surface area contributed by atoms with E-state index >= 15 is 0 Å². The molecule has 0 heterocycles. The van der Waals surface area contributed by atoms with E-state index in [0.717, 1.165) is 11.1 Å². The van der Waals surface area contributed by atoms with Crippen molar-refractivity contribution in [2.45, 2.75) is 23.8 Å². The zero-order valence-electron chi connectivity index (χ0n) is 11.3. The van der Waals surface area contributed by atoms with Gasteiger partial charge in [-0.3, -0.25) is 0 Å². The Kier molecular flexibility index (Phi) is 2.66. The molecule has 0 amide bonds. The first-order valence-electron chi connectivity index (χ1n) is 7.10. The number of nitriles is 1. The summed E-state index contributed by atoms with van der Waals surface area (Å²) < 4.78 is 0. The maximum Gasteiger partial charge on any atom is 0.147 e. The molecule has 2 aromatic carbocycles. The number of hydrogen-bond acceptors (Lipinski definition) is 2. The third-order valence-corrected chi connectivity index (χ3v) is 5.44.